The van der Waals surface area contributed by atoms with Crippen molar-refractivity contribution in [3.8, 4) is 34.0 Å². The maximum atomic E-state index is 10.4. The highest BCUT2D eigenvalue weighted by Gasteiger charge is 2.25. The predicted molar refractivity (Wildman–Crippen MR) is 155 cm³/mol. The summed E-state index contributed by atoms with van der Waals surface area (Å²) in [5.74, 6) is 1.48. The first kappa shape index (κ1) is 29.4. The zero-order chi connectivity index (χ0) is 28.8. The number of rotatable bonds is 13. The van der Waals surface area contributed by atoms with Crippen molar-refractivity contribution in [2.75, 3.05) is 14.2 Å². The van der Waals surface area contributed by atoms with Gasteiger partial charge in [0.2, 0.25) is 0 Å². The van der Waals surface area contributed by atoms with Gasteiger partial charge in [0.05, 0.1) is 52.0 Å². The van der Waals surface area contributed by atoms with Gasteiger partial charge < -0.3 is 39.0 Å². The van der Waals surface area contributed by atoms with Crippen LogP contribution in [0, 0.1) is 0 Å². The van der Waals surface area contributed by atoms with E-state index in [-0.39, 0.29) is 26.4 Å². The third-order valence-corrected chi connectivity index (χ3v) is 7.76. The number of ether oxygens (including phenoxy) is 2. The molecule has 0 aliphatic rings. The summed E-state index contributed by atoms with van der Waals surface area (Å²) in [4.78, 5) is 0. The molecule has 0 saturated carbocycles. The molecule has 2 aromatic carbocycles. The van der Waals surface area contributed by atoms with Crippen LogP contribution in [0.15, 0.2) is 48.5 Å². The fraction of sp³-hybridized carbons (Fsp3) is 0.375. The monoisotopic (exact) mass is 548 g/mol. The van der Waals surface area contributed by atoms with Crippen LogP contribution in [0.3, 0.4) is 0 Å². The van der Waals surface area contributed by atoms with Crippen molar-refractivity contribution in [2.45, 2.75) is 66.2 Å². The van der Waals surface area contributed by atoms with Crippen LogP contribution in [0.2, 0.25) is 0 Å². The predicted octanol–water partition coefficient (Wildman–Crippen LogP) is 4.44. The Labute approximate surface area is 235 Å². The van der Waals surface area contributed by atoms with Crippen LogP contribution in [-0.4, -0.2) is 43.8 Å². The van der Waals surface area contributed by atoms with Crippen molar-refractivity contribution in [3.05, 3.63) is 82.2 Å². The minimum absolute atomic E-state index is 0.167. The number of aliphatic hydroxyl groups excluding tert-OH is 4. The first-order valence-electron chi connectivity index (χ1n) is 13.7. The Kier molecular flexibility index (Phi) is 9.71. The molecule has 0 radical (unpaired) electrons. The molecule has 4 N–H and O–H groups in total. The third kappa shape index (κ3) is 5.28. The molecule has 4 rings (SSSR count). The van der Waals surface area contributed by atoms with Gasteiger partial charge >= 0.3 is 0 Å². The maximum absolute atomic E-state index is 10.4. The Morgan fingerprint density at radius 1 is 0.525 bits per heavy atom. The summed E-state index contributed by atoms with van der Waals surface area (Å²) in [6.07, 6.45) is 1.36. The van der Waals surface area contributed by atoms with Crippen molar-refractivity contribution in [1.82, 2.24) is 9.13 Å². The number of methoxy groups -OCH3 is 2. The van der Waals surface area contributed by atoms with Crippen LogP contribution >= 0.6 is 0 Å². The number of hydrogen-bond acceptors (Lipinski definition) is 6. The molecule has 0 spiro atoms. The van der Waals surface area contributed by atoms with Gasteiger partial charge in [0.25, 0.3) is 0 Å². The minimum atomic E-state index is -0.193. The minimum Gasteiger partial charge on any atom is -0.497 e. The van der Waals surface area contributed by atoms with Gasteiger partial charge in [-0.3, -0.25) is 0 Å². The SMILES string of the molecule is CCc1c(CO)c(CO)c(-c2ccc(OC)cc2)n1CCn1c(CC)c(CO)c(CO)c1-c1ccc(OC)cc1. The van der Waals surface area contributed by atoms with E-state index in [0.29, 0.717) is 25.9 Å². The summed E-state index contributed by atoms with van der Waals surface area (Å²) in [5, 5.41) is 41.5. The summed E-state index contributed by atoms with van der Waals surface area (Å²) in [6, 6.07) is 15.4. The van der Waals surface area contributed by atoms with Gasteiger partial charge in [-0.1, -0.05) is 13.8 Å². The average molecular weight is 549 g/mol. The molecule has 0 bridgehead atoms. The van der Waals surface area contributed by atoms with Crippen molar-refractivity contribution in [3.63, 3.8) is 0 Å². The number of hydrogen-bond donors (Lipinski definition) is 4. The summed E-state index contributed by atoms with van der Waals surface area (Å²) in [6.45, 7) is 4.49. The molecule has 4 aromatic rings. The molecule has 0 amide bonds. The highest BCUT2D eigenvalue weighted by Crippen LogP contribution is 2.36. The molecule has 0 fully saturated rings. The number of aliphatic hydroxyl groups is 4. The maximum Gasteiger partial charge on any atom is 0.118 e. The summed E-state index contributed by atoms with van der Waals surface area (Å²) in [7, 11) is 3.25. The van der Waals surface area contributed by atoms with Gasteiger partial charge in [-0.15, -0.1) is 0 Å². The van der Waals surface area contributed by atoms with E-state index in [2.05, 4.69) is 9.13 Å². The van der Waals surface area contributed by atoms with E-state index in [4.69, 9.17) is 9.47 Å². The summed E-state index contributed by atoms with van der Waals surface area (Å²) in [5.41, 5.74) is 8.46. The molecule has 214 valence electrons. The molecule has 0 aliphatic heterocycles. The molecule has 8 heteroatoms. The fourth-order valence-electron chi connectivity index (χ4n) is 5.93. The van der Waals surface area contributed by atoms with E-state index < -0.39 is 0 Å². The van der Waals surface area contributed by atoms with Crippen LogP contribution in [0.1, 0.15) is 47.5 Å². The highest BCUT2D eigenvalue weighted by molar-refractivity contribution is 5.70. The van der Waals surface area contributed by atoms with Gasteiger partial charge in [-0.25, -0.2) is 0 Å². The second kappa shape index (κ2) is 13.2. The first-order valence-corrected chi connectivity index (χ1v) is 13.7. The van der Waals surface area contributed by atoms with Crippen molar-refractivity contribution in [2.24, 2.45) is 0 Å². The largest absolute Gasteiger partial charge is 0.497 e. The van der Waals surface area contributed by atoms with Gasteiger partial charge in [0.15, 0.2) is 0 Å². The van der Waals surface area contributed by atoms with E-state index in [0.717, 1.165) is 67.7 Å². The Hall–Kier alpha value is -3.56. The van der Waals surface area contributed by atoms with Crippen LogP contribution in [0.5, 0.6) is 11.5 Å². The molecular weight excluding hydrogens is 508 g/mol. The zero-order valence-corrected chi connectivity index (χ0v) is 23.8. The normalized spacial score (nSPS) is 11.3. The Balaban J connectivity index is 1.88. The zero-order valence-electron chi connectivity index (χ0n) is 23.8. The van der Waals surface area contributed by atoms with E-state index in [1.54, 1.807) is 14.2 Å². The van der Waals surface area contributed by atoms with Crippen molar-refractivity contribution in [1.29, 1.82) is 0 Å². The molecule has 0 aliphatic carbocycles. The molecule has 0 atom stereocenters. The second-order valence-electron chi connectivity index (χ2n) is 9.60. The van der Waals surface area contributed by atoms with E-state index in [1.165, 1.54) is 0 Å². The van der Waals surface area contributed by atoms with E-state index in [1.807, 2.05) is 62.4 Å². The van der Waals surface area contributed by atoms with E-state index in [9.17, 15) is 20.4 Å². The Bertz CT molecular complexity index is 1310. The Morgan fingerprint density at radius 3 is 1.10 bits per heavy atom. The molecule has 2 aromatic heterocycles. The lowest BCUT2D eigenvalue weighted by Crippen LogP contribution is -2.14. The standard InChI is InChI=1S/C32H40N2O6/c1-5-29-25(17-35)27(19-37)31(21-7-11-23(39-3)12-8-21)33(29)15-16-34-30(6-2)26(18-36)28(20-38)32(34)22-9-13-24(40-4)14-10-22/h7-14,35-38H,5-6,15-20H2,1-4H3. The molecular formula is C32H40N2O6. The fourth-order valence-corrected chi connectivity index (χ4v) is 5.93. The quantitative estimate of drug-likeness (QED) is 0.197. The smallest absolute Gasteiger partial charge is 0.118 e. The topological polar surface area (TPSA) is 109 Å². The van der Waals surface area contributed by atoms with Crippen LogP contribution < -0.4 is 9.47 Å². The second-order valence-corrected chi connectivity index (χ2v) is 9.60. The molecule has 8 nitrogen and oxygen atoms in total. The lowest BCUT2D eigenvalue weighted by molar-refractivity contribution is 0.260. The van der Waals surface area contributed by atoms with Gasteiger partial charge in [-0.2, -0.15) is 0 Å². The molecule has 0 saturated heterocycles. The number of aromatic nitrogens is 2. The number of nitrogens with zero attached hydrogens (tertiary/aromatic N) is 2. The van der Waals surface area contributed by atoms with Crippen molar-refractivity contribution < 1.29 is 29.9 Å². The van der Waals surface area contributed by atoms with Gasteiger partial charge in [0, 0.05) is 46.7 Å². The number of benzene rings is 2. The van der Waals surface area contributed by atoms with Gasteiger partial charge in [0.1, 0.15) is 11.5 Å². The summed E-state index contributed by atoms with van der Waals surface area (Å²) < 4.78 is 15.1. The van der Waals surface area contributed by atoms with Crippen molar-refractivity contribution >= 4 is 0 Å². The lowest BCUT2D eigenvalue weighted by Gasteiger charge is -2.19. The molecule has 0 unspecified atom stereocenters. The summed E-state index contributed by atoms with van der Waals surface area (Å²) >= 11 is 0. The molecule has 40 heavy (non-hydrogen) atoms. The van der Waals surface area contributed by atoms with Gasteiger partial charge in [-0.05, 0) is 72.5 Å². The van der Waals surface area contributed by atoms with E-state index >= 15 is 0 Å². The highest BCUT2D eigenvalue weighted by atomic mass is 16.5. The first-order chi connectivity index (χ1) is 19.5. The van der Waals surface area contributed by atoms with Crippen LogP contribution in [-0.2, 0) is 52.4 Å². The molecule has 2 heterocycles. The Morgan fingerprint density at radius 2 is 0.850 bits per heavy atom. The van der Waals surface area contributed by atoms with Crippen LogP contribution in [0.4, 0.5) is 0 Å². The average Bonchev–Trinajstić information content (AvgIpc) is 3.50. The third-order valence-electron chi connectivity index (χ3n) is 7.76. The lowest BCUT2D eigenvalue weighted by atomic mass is 10.0. The van der Waals surface area contributed by atoms with Crippen LogP contribution in [0.25, 0.3) is 22.5 Å².